The third kappa shape index (κ3) is 1.59. The molecule has 0 unspecified atom stereocenters. The van der Waals surface area contributed by atoms with E-state index in [1.54, 1.807) is 24.3 Å². The zero-order chi connectivity index (χ0) is 7.84. The molecule has 3 nitrogen and oxygen atoms in total. The molecule has 1 amide bonds. The van der Waals surface area contributed by atoms with Crippen LogP contribution in [0.15, 0.2) is 24.3 Å². The summed E-state index contributed by atoms with van der Waals surface area (Å²) in [7, 11) is 0. The first-order valence-electron chi connectivity index (χ1n) is 3.18. The molecule has 12 heavy (non-hydrogen) atoms. The minimum absolute atomic E-state index is 0. The molecule has 4 heteroatoms. The molecule has 0 bridgehead atoms. The van der Waals surface area contributed by atoms with Gasteiger partial charge in [0.25, 0.3) is 0 Å². The van der Waals surface area contributed by atoms with E-state index in [9.17, 15) is 9.59 Å². The molecule has 1 aromatic carbocycles. The number of Topliss-reactive ketones (excluding diaryl/α,β-unsaturated/α-hetero) is 1. The van der Waals surface area contributed by atoms with Crippen molar-refractivity contribution in [2.45, 2.75) is 0 Å². The fourth-order valence-electron chi connectivity index (χ4n) is 1.04. The molecular weight excluding hydrogens is 228 g/mol. The van der Waals surface area contributed by atoms with Gasteiger partial charge in [0.1, 0.15) is 5.91 Å². The number of carbonyl (C=O) groups is 2. The molecule has 1 aromatic rings. The molecule has 1 aliphatic heterocycles. The van der Waals surface area contributed by atoms with E-state index in [-0.39, 0.29) is 58.2 Å². The Bertz CT molecular complexity index is 349. The summed E-state index contributed by atoms with van der Waals surface area (Å²) in [4.78, 5) is 21.7. The molecule has 0 radical (unpaired) electrons. The average molecular weight is 232 g/mol. The van der Waals surface area contributed by atoms with Gasteiger partial charge in [0.15, 0.2) is 0 Å². The van der Waals surface area contributed by atoms with Gasteiger partial charge in [0.2, 0.25) is 5.78 Å². The Kier molecular flexibility index (Phi) is 3.34. The van der Waals surface area contributed by atoms with E-state index in [2.05, 4.69) is 5.32 Å². The third-order valence-electron chi connectivity index (χ3n) is 1.56. The first kappa shape index (κ1) is 10.2. The van der Waals surface area contributed by atoms with E-state index in [4.69, 9.17) is 0 Å². The minimum Gasteiger partial charge on any atom is -0.619 e. The Morgan fingerprint density at radius 2 is 1.75 bits per heavy atom. The van der Waals surface area contributed by atoms with Gasteiger partial charge in [-0.15, -0.1) is 5.69 Å². The van der Waals surface area contributed by atoms with E-state index < -0.39 is 11.7 Å². The summed E-state index contributed by atoms with van der Waals surface area (Å²) >= 11 is 0. The molecule has 54 valence electrons. The van der Waals surface area contributed by atoms with Gasteiger partial charge in [0.05, 0.1) is 0 Å². The number of para-hydroxylation sites is 1. The maximum Gasteiger partial charge on any atom is 1.00 e. The zero-order valence-electron chi connectivity index (χ0n) is 6.57. The van der Waals surface area contributed by atoms with Crippen LogP contribution in [-0.2, 0) is 4.79 Å². The summed E-state index contributed by atoms with van der Waals surface area (Å²) in [6.45, 7) is 0. The Morgan fingerprint density at radius 3 is 2.42 bits per heavy atom. The fourth-order valence-corrected chi connectivity index (χ4v) is 1.04. The van der Waals surface area contributed by atoms with Crippen molar-refractivity contribution in [3.8, 4) is 0 Å². The largest absolute Gasteiger partial charge is 1.00 e. The molecule has 0 saturated carbocycles. The van der Waals surface area contributed by atoms with Crippen LogP contribution in [0.3, 0.4) is 0 Å². The van der Waals surface area contributed by atoms with Crippen molar-refractivity contribution in [3.63, 3.8) is 0 Å². The van der Waals surface area contributed by atoms with Gasteiger partial charge in [-0.05, 0) is 0 Å². The predicted molar refractivity (Wildman–Crippen MR) is 38.8 cm³/mol. The van der Waals surface area contributed by atoms with Crippen LogP contribution in [0.25, 0.3) is 5.32 Å². The van der Waals surface area contributed by atoms with Crippen molar-refractivity contribution >= 4 is 17.4 Å². The van der Waals surface area contributed by atoms with Crippen molar-refractivity contribution in [1.82, 2.24) is 0 Å². The quantitative estimate of drug-likeness (QED) is 0.506. The van der Waals surface area contributed by atoms with Gasteiger partial charge in [-0.3, -0.25) is 4.79 Å². The van der Waals surface area contributed by atoms with E-state index in [0.29, 0.717) is 11.3 Å². The van der Waals surface area contributed by atoms with Crippen molar-refractivity contribution in [1.29, 1.82) is 0 Å². The first-order valence-corrected chi connectivity index (χ1v) is 3.18. The standard InChI is InChI=1S/C8H5NO2.Rb/c10-7-5-3-1-2-4-6(5)9-8(7)11;/h1-4H,(H,9,10,11);/q;+1/p-1. The van der Waals surface area contributed by atoms with E-state index in [1.807, 2.05) is 0 Å². The number of rotatable bonds is 0. The molecule has 0 atom stereocenters. The summed E-state index contributed by atoms with van der Waals surface area (Å²) in [5.41, 5.74) is 0.903. The second-order valence-corrected chi connectivity index (χ2v) is 2.26. The van der Waals surface area contributed by atoms with Crippen LogP contribution in [-0.4, -0.2) is 11.7 Å². The topological polar surface area (TPSA) is 48.2 Å². The summed E-state index contributed by atoms with van der Waals surface area (Å²) in [6, 6.07) is 6.71. The van der Waals surface area contributed by atoms with Crippen LogP contribution in [0, 0.1) is 0 Å². The van der Waals surface area contributed by atoms with Crippen LogP contribution < -0.4 is 58.2 Å². The third-order valence-corrected chi connectivity index (χ3v) is 1.56. The Labute approximate surface area is 118 Å². The van der Waals surface area contributed by atoms with Crippen molar-refractivity contribution in [3.05, 3.63) is 35.1 Å². The molecule has 0 aromatic heterocycles. The molecule has 1 aliphatic rings. The number of benzene rings is 1. The number of carbonyl (C=O) groups excluding carboxylic acids is 2. The monoisotopic (exact) mass is 231 g/mol. The van der Waals surface area contributed by atoms with Gasteiger partial charge < -0.3 is 10.1 Å². The molecule has 0 N–H and O–H groups in total. The molecule has 1 heterocycles. The second kappa shape index (κ2) is 3.92. The minimum atomic E-state index is -0.661. The van der Waals surface area contributed by atoms with E-state index >= 15 is 0 Å². The van der Waals surface area contributed by atoms with E-state index in [1.165, 1.54) is 0 Å². The zero-order valence-corrected chi connectivity index (χ0v) is 11.5. The fraction of sp³-hybridized carbons (Fsp3) is 0. The molecule has 2 rings (SSSR count). The van der Waals surface area contributed by atoms with Crippen LogP contribution in [0.4, 0.5) is 5.69 Å². The summed E-state index contributed by atoms with van der Waals surface area (Å²) in [5.74, 6) is -1.16. The summed E-state index contributed by atoms with van der Waals surface area (Å²) < 4.78 is 0. The summed E-state index contributed by atoms with van der Waals surface area (Å²) in [5, 5.41) is 3.54. The van der Waals surface area contributed by atoms with Gasteiger partial charge in [-0.25, -0.2) is 0 Å². The number of hydrogen-bond acceptors (Lipinski definition) is 2. The second-order valence-electron chi connectivity index (χ2n) is 2.26. The Morgan fingerprint density at radius 1 is 1.08 bits per heavy atom. The average Bonchev–Trinajstić information content (AvgIpc) is 2.30. The number of ketones is 1. The van der Waals surface area contributed by atoms with Gasteiger partial charge >= 0.3 is 58.2 Å². The molecule has 0 aliphatic carbocycles. The van der Waals surface area contributed by atoms with Gasteiger partial charge in [0, 0.05) is 5.56 Å². The molecule has 0 spiro atoms. The van der Waals surface area contributed by atoms with E-state index in [0.717, 1.165) is 0 Å². The normalized spacial score (nSPS) is 13.3. The number of fused-ring (bicyclic) bond motifs is 1. The maximum absolute atomic E-state index is 11.0. The van der Waals surface area contributed by atoms with Crippen LogP contribution in [0.2, 0.25) is 0 Å². The van der Waals surface area contributed by atoms with Crippen LogP contribution in [0.1, 0.15) is 10.4 Å². The van der Waals surface area contributed by atoms with Gasteiger partial charge in [-0.2, -0.15) is 0 Å². The molecule has 0 saturated heterocycles. The van der Waals surface area contributed by atoms with Crippen molar-refractivity contribution in [2.75, 3.05) is 0 Å². The first-order chi connectivity index (χ1) is 5.29. The van der Waals surface area contributed by atoms with Crippen molar-refractivity contribution < 1.29 is 67.8 Å². The maximum atomic E-state index is 11.0. The number of nitrogens with zero attached hydrogens (tertiary/aromatic N) is 1. The summed E-state index contributed by atoms with van der Waals surface area (Å²) in [6.07, 6.45) is 0. The van der Waals surface area contributed by atoms with Crippen LogP contribution in [0.5, 0.6) is 0 Å². The Balaban J connectivity index is 0.000000720. The number of amides is 1. The SMILES string of the molecule is O=C1[N-]c2ccccc2C1=O.[Rb+]. The van der Waals surface area contributed by atoms with Crippen molar-refractivity contribution in [2.24, 2.45) is 0 Å². The predicted octanol–water partition coefficient (Wildman–Crippen LogP) is -1.58. The van der Waals surface area contributed by atoms with Crippen LogP contribution >= 0.6 is 0 Å². The molecular formula is C8H4NO2Rb. The Hall–Kier alpha value is 0.165. The molecule has 0 fully saturated rings. The van der Waals surface area contributed by atoms with Gasteiger partial charge in [-0.1, -0.05) is 24.3 Å². The number of hydrogen-bond donors (Lipinski definition) is 0. The smallest absolute Gasteiger partial charge is 0.619 e.